The molecule has 0 bridgehead atoms. The largest absolute Gasteiger partial charge is 0.497 e. The van der Waals surface area contributed by atoms with Crippen LogP contribution < -0.4 is 14.8 Å². The van der Waals surface area contributed by atoms with E-state index in [2.05, 4.69) is 10.3 Å². The van der Waals surface area contributed by atoms with Gasteiger partial charge in [-0.3, -0.25) is 9.78 Å². The highest BCUT2D eigenvalue weighted by Gasteiger charge is 2.36. The van der Waals surface area contributed by atoms with E-state index in [4.69, 9.17) is 9.47 Å². The number of hydrogen-bond acceptors (Lipinski definition) is 5. The summed E-state index contributed by atoms with van der Waals surface area (Å²) in [5.41, 5.74) is 1.23. The van der Waals surface area contributed by atoms with Gasteiger partial charge in [-0.1, -0.05) is 6.07 Å². The van der Waals surface area contributed by atoms with E-state index in [9.17, 15) is 9.90 Å². The van der Waals surface area contributed by atoms with Gasteiger partial charge in [0.1, 0.15) is 11.5 Å². The topological polar surface area (TPSA) is 80.7 Å². The van der Waals surface area contributed by atoms with Gasteiger partial charge in [0.05, 0.1) is 37.6 Å². The summed E-state index contributed by atoms with van der Waals surface area (Å²) < 4.78 is 10.5. The zero-order chi connectivity index (χ0) is 17.8. The molecule has 1 atom stereocenters. The molecular formula is C19H22N2O4. The van der Waals surface area contributed by atoms with Crippen LogP contribution in [0.15, 0.2) is 42.6 Å². The first kappa shape index (κ1) is 17.2. The molecule has 1 aliphatic carbocycles. The number of ether oxygens (including phenoxy) is 2. The fraction of sp³-hybridized carbons (Fsp3) is 0.368. The minimum atomic E-state index is -0.302. The number of amides is 1. The molecule has 1 heterocycles. The monoisotopic (exact) mass is 342 g/mol. The van der Waals surface area contributed by atoms with Crippen LogP contribution in [-0.4, -0.2) is 36.3 Å². The molecule has 3 rings (SSSR count). The van der Waals surface area contributed by atoms with Crippen molar-refractivity contribution >= 4 is 5.91 Å². The third kappa shape index (κ3) is 3.74. The number of benzene rings is 1. The normalized spacial score (nSPS) is 20.3. The van der Waals surface area contributed by atoms with Crippen LogP contribution in [0.1, 0.15) is 34.9 Å². The van der Waals surface area contributed by atoms with Gasteiger partial charge in [-0.25, -0.2) is 0 Å². The third-order valence-corrected chi connectivity index (χ3v) is 4.57. The van der Waals surface area contributed by atoms with E-state index in [1.54, 1.807) is 31.5 Å². The molecule has 1 aromatic carbocycles. The average molecular weight is 342 g/mol. The van der Waals surface area contributed by atoms with Crippen LogP contribution in [0.4, 0.5) is 0 Å². The van der Waals surface area contributed by atoms with Crippen LogP contribution in [0.2, 0.25) is 0 Å². The first-order valence-corrected chi connectivity index (χ1v) is 8.24. The minimum absolute atomic E-state index is 0.165. The van der Waals surface area contributed by atoms with Gasteiger partial charge in [0.25, 0.3) is 5.91 Å². The van der Waals surface area contributed by atoms with Gasteiger partial charge in [-0.15, -0.1) is 0 Å². The van der Waals surface area contributed by atoms with Crippen LogP contribution in [0, 0.1) is 5.92 Å². The van der Waals surface area contributed by atoms with Crippen LogP contribution in [0.5, 0.6) is 11.5 Å². The highest BCUT2D eigenvalue weighted by molar-refractivity contribution is 5.97. The molecule has 6 nitrogen and oxygen atoms in total. The molecule has 6 heteroatoms. The Balaban J connectivity index is 1.83. The number of rotatable bonds is 6. The Morgan fingerprint density at radius 1 is 1.24 bits per heavy atom. The Morgan fingerprint density at radius 2 is 2.04 bits per heavy atom. The summed E-state index contributed by atoms with van der Waals surface area (Å²) in [7, 11) is 3.08. The van der Waals surface area contributed by atoms with Crippen molar-refractivity contribution in [3.63, 3.8) is 0 Å². The van der Waals surface area contributed by atoms with E-state index in [1.807, 2.05) is 18.2 Å². The molecule has 25 heavy (non-hydrogen) atoms. The minimum Gasteiger partial charge on any atom is -0.497 e. The van der Waals surface area contributed by atoms with Gasteiger partial charge in [-0.05, 0) is 43.0 Å². The Kier molecular flexibility index (Phi) is 5.19. The number of methoxy groups -OCH3 is 2. The van der Waals surface area contributed by atoms with Gasteiger partial charge in [0.15, 0.2) is 0 Å². The van der Waals surface area contributed by atoms with Crippen molar-refractivity contribution in [1.29, 1.82) is 0 Å². The average Bonchev–Trinajstić information content (AvgIpc) is 2.63. The summed E-state index contributed by atoms with van der Waals surface area (Å²) in [6.07, 6.45) is 2.71. The highest BCUT2D eigenvalue weighted by Crippen LogP contribution is 2.38. The van der Waals surface area contributed by atoms with Crippen molar-refractivity contribution in [2.24, 2.45) is 5.92 Å². The second kappa shape index (κ2) is 7.53. The lowest BCUT2D eigenvalue weighted by molar-refractivity contribution is 0.0228. The second-order valence-electron chi connectivity index (χ2n) is 6.16. The quantitative estimate of drug-likeness (QED) is 0.842. The Hall–Kier alpha value is -2.60. The SMILES string of the molecule is COc1ccc(C(=O)NC(c2ccccn2)C2CC(O)C2)c(OC)c1. The molecule has 1 aliphatic rings. The highest BCUT2D eigenvalue weighted by atomic mass is 16.5. The molecule has 0 aliphatic heterocycles. The fourth-order valence-corrected chi connectivity index (χ4v) is 3.10. The predicted octanol–water partition coefficient (Wildman–Crippen LogP) is 2.34. The molecule has 0 radical (unpaired) electrons. The molecule has 1 unspecified atom stereocenters. The zero-order valence-electron chi connectivity index (χ0n) is 14.3. The lowest BCUT2D eigenvalue weighted by atomic mass is 9.76. The summed E-state index contributed by atoms with van der Waals surface area (Å²) in [5, 5.41) is 12.7. The molecule has 132 valence electrons. The standard InChI is InChI=1S/C19H22N2O4/c1-24-14-6-7-15(17(11-14)25-2)19(23)21-18(12-9-13(22)10-12)16-5-3-4-8-20-16/h3-8,11-13,18,22H,9-10H2,1-2H3,(H,21,23). The first-order chi connectivity index (χ1) is 12.1. The number of hydrogen-bond donors (Lipinski definition) is 2. The lowest BCUT2D eigenvalue weighted by Gasteiger charge is -2.37. The number of aliphatic hydroxyl groups is 1. The van der Waals surface area contributed by atoms with Crippen LogP contribution in [0.3, 0.4) is 0 Å². The summed E-state index contributed by atoms with van der Waals surface area (Å²) in [6, 6.07) is 10.5. The summed E-state index contributed by atoms with van der Waals surface area (Å²) in [4.78, 5) is 17.2. The van der Waals surface area contributed by atoms with Crippen molar-refractivity contribution in [3.05, 3.63) is 53.9 Å². The van der Waals surface area contributed by atoms with E-state index in [0.717, 1.165) is 5.69 Å². The van der Waals surface area contributed by atoms with Gasteiger partial charge < -0.3 is 19.9 Å². The number of nitrogens with one attached hydrogen (secondary N) is 1. The molecule has 1 saturated carbocycles. The summed E-state index contributed by atoms with van der Waals surface area (Å²) in [5.74, 6) is 0.997. The number of nitrogens with zero attached hydrogens (tertiary/aromatic N) is 1. The van der Waals surface area contributed by atoms with E-state index in [0.29, 0.717) is 29.9 Å². The maximum absolute atomic E-state index is 12.8. The molecular weight excluding hydrogens is 320 g/mol. The molecule has 2 N–H and O–H groups in total. The van der Waals surface area contributed by atoms with Gasteiger partial charge >= 0.3 is 0 Å². The fourth-order valence-electron chi connectivity index (χ4n) is 3.10. The van der Waals surface area contributed by atoms with Gasteiger partial charge in [0, 0.05) is 12.3 Å². The summed E-state index contributed by atoms with van der Waals surface area (Å²) in [6.45, 7) is 0. The molecule has 1 aromatic heterocycles. The van der Waals surface area contributed by atoms with Crippen molar-refractivity contribution in [3.8, 4) is 11.5 Å². The number of pyridine rings is 1. The summed E-state index contributed by atoms with van der Waals surface area (Å²) >= 11 is 0. The van der Waals surface area contributed by atoms with Crippen LogP contribution in [-0.2, 0) is 0 Å². The number of aromatic nitrogens is 1. The second-order valence-corrected chi connectivity index (χ2v) is 6.16. The van der Waals surface area contributed by atoms with Crippen molar-refractivity contribution < 1.29 is 19.4 Å². The number of aliphatic hydroxyl groups excluding tert-OH is 1. The van der Waals surface area contributed by atoms with Crippen LogP contribution in [0.25, 0.3) is 0 Å². The van der Waals surface area contributed by atoms with E-state index in [-0.39, 0.29) is 24.0 Å². The Morgan fingerprint density at radius 3 is 2.64 bits per heavy atom. The lowest BCUT2D eigenvalue weighted by Crippen LogP contribution is -2.41. The van der Waals surface area contributed by atoms with E-state index in [1.165, 1.54) is 7.11 Å². The first-order valence-electron chi connectivity index (χ1n) is 8.24. The molecule has 1 fully saturated rings. The van der Waals surface area contributed by atoms with Gasteiger partial charge in [0.2, 0.25) is 0 Å². The van der Waals surface area contributed by atoms with Crippen LogP contribution >= 0.6 is 0 Å². The Labute approximate surface area is 146 Å². The molecule has 2 aromatic rings. The van der Waals surface area contributed by atoms with Gasteiger partial charge in [-0.2, -0.15) is 0 Å². The maximum Gasteiger partial charge on any atom is 0.255 e. The molecule has 0 saturated heterocycles. The van der Waals surface area contributed by atoms with E-state index < -0.39 is 0 Å². The smallest absolute Gasteiger partial charge is 0.255 e. The Bertz CT molecular complexity index is 729. The van der Waals surface area contributed by atoms with Crippen molar-refractivity contribution in [1.82, 2.24) is 10.3 Å². The number of carbonyl (C=O) groups is 1. The molecule has 0 spiro atoms. The maximum atomic E-state index is 12.8. The van der Waals surface area contributed by atoms with Crippen molar-refractivity contribution in [2.45, 2.75) is 25.0 Å². The number of carbonyl (C=O) groups excluding carboxylic acids is 1. The molecule has 1 amide bonds. The predicted molar refractivity (Wildman–Crippen MR) is 92.7 cm³/mol. The van der Waals surface area contributed by atoms with E-state index >= 15 is 0 Å². The third-order valence-electron chi connectivity index (χ3n) is 4.57. The zero-order valence-corrected chi connectivity index (χ0v) is 14.3. The van der Waals surface area contributed by atoms with Crippen molar-refractivity contribution in [2.75, 3.05) is 14.2 Å².